The number of carbonyl (C=O) groups is 3. The number of hydrogen-bond donors (Lipinski definition) is 3. The Morgan fingerprint density at radius 1 is 0.345 bits per heavy atom. The van der Waals surface area contributed by atoms with Crippen molar-refractivity contribution in [3.8, 4) is 12.1 Å². The number of para-hydroxylation sites is 10. The number of amides is 3. The molecule has 20 aromatic rings. The predicted octanol–water partition coefficient (Wildman–Crippen LogP) is 15.2. The number of hydrogen-bond acceptors (Lipinski definition) is 25. The van der Waals surface area contributed by atoms with Crippen molar-refractivity contribution < 1.29 is 14.4 Å². The van der Waals surface area contributed by atoms with Crippen LogP contribution in [0.4, 0.5) is 28.4 Å². The molecule has 0 radical (unpaired) electrons. The van der Waals surface area contributed by atoms with Gasteiger partial charge < -0.3 is 64.9 Å². The first-order valence-corrected chi connectivity index (χ1v) is 50.0. The average Bonchev–Trinajstić information content (AvgIpc) is 1.59. The number of carbonyl (C=O) groups excluding carboxylic acids is 3. The molecular formula is C112H120N30O3. The molecule has 0 aliphatic carbocycles. The summed E-state index contributed by atoms with van der Waals surface area (Å²) in [5.74, 6) is -0.365. The van der Waals surface area contributed by atoms with Crippen LogP contribution in [0.1, 0.15) is 101 Å². The molecule has 3 N–H and O–H groups in total. The van der Waals surface area contributed by atoms with Crippen LogP contribution in [0, 0.1) is 29.6 Å². The van der Waals surface area contributed by atoms with Crippen LogP contribution >= 0.6 is 0 Å². The Balaban J connectivity index is 0.000000107. The normalized spacial score (nSPS) is 17.1. The number of nitrogens with zero attached hydrogens (tertiary/aromatic N) is 27. The van der Waals surface area contributed by atoms with Crippen molar-refractivity contribution >= 4 is 185 Å². The van der Waals surface area contributed by atoms with E-state index < -0.39 is 0 Å². The Morgan fingerprint density at radius 2 is 0.614 bits per heavy atom. The predicted molar refractivity (Wildman–Crippen MR) is 580 cm³/mol. The van der Waals surface area contributed by atoms with E-state index in [1.807, 2.05) is 226 Å². The molecule has 5 saturated heterocycles. The lowest BCUT2D eigenvalue weighted by Crippen LogP contribution is -2.31. The second-order valence-corrected chi connectivity index (χ2v) is 39.9. The van der Waals surface area contributed by atoms with Gasteiger partial charge in [0.25, 0.3) is 17.7 Å². The highest BCUT2D eigenvalue weighted by Crippen LogP contribution is 2.42. The molecule has 736 valence electrons. The van der Waals surface area contributed by atoms with E-state index in [1.165, 1.54) is 0 Å². The molecule has 0 bridgehead atoms. The van der Waals surface area contributed by atoms with Crippen LogP contribution in [0.5, 0.6) is 0 Å². The fourth-order valence-electron chi connectivity index (χ4n) is 21.9. The minimum Gasteiger partial charge on any atom is -0.369 e. The number of pyridine rings is 10. The molecule has 0 saturated carbocycles. The van der Waals surface area contributed by atoms with Gasteiger partial charge in [-0.05, 0) is 252 Å². The van der Waals surface area contributed by atoms with Crippen LogP contribution in [0.25, 0.3) is 139 Å². The van der Waals surface area contributed by atoms with Crippen molar-refractivity contribution in [1.82, 2.24) is 112 Å². The first-order valence-electron chi connectivity index (χ1n) is 50.0. The number of likely N-dealkylation sites (N-methyl/N-ethyl adjacent to an activating group) is 5. The molecule has 25 rings (SSSR count). The van der Waals surface area contributed by atoms with Crippen LogP contribution in [0.15, 0.2) is 207 Å². The lowest BCUT2D eigenvalue weighted by atomic mass is 10.1. The summed E-state index contributed by atoms with van der Waals surface area (Å²) in [7, 11) is 23.0. The maximum Gasteiger partial charge on any atom is 0.255 e. The zero-order valence-electron chi connectivity index (χ0n) is 84.7. The first-order chi connectivity index (χ1) is 70.3. The lowest BCUT2D eigenvalue weighted by molar-refractivity contribution is 0.0939. The highest BCUT2D eigenvalue weighted by Gasteiger charge is 2.35. The molecule has 5 fully saturated rings. The van der Waals surface area contributed by atoms with Gasteiger partial charge in [-0.2, -0.15) is 10.5 Å². The molecule has 5 aromatic carbocycles. The maximum absolute atomic E-state index is 13.2. The van der Waals surface area contributed by atoms with Gasteiger partial charge in [0.05, 0.1) is 83.0 Å². The number of benzene rings is 5. The van der Waals surface area contributed by atoms with E-state index in [1.54, 1.807) is 7.05 Å². The standard InChI is InChI=1S/C24H28N6O.C23H26N6O.C22H24N6O.C22H22N6.C21H20N6/c1-15(2)26-24(31)18-13-17-20(29-12-10-16(14-29)28(3)4)9-11-25-22(17)30-21-8-6-5-7-19(21)27-23(18)30;1-4-24-23(30)17-13-16-19(28-12-10-15(14-28)27(2)3)9-11-25-21(16)29-20-8-6-5-7-18(20)26-22(17)29;1-23-22(29)16-12-15-18(27-11-9-14(13-27)26(2)3)8-10-24-20(15)28-19-7-5-4-6-17(19)25-21(16)28;1-14-10-20(27-9-8-16(13-27)26(2)3)17-11-15(12-23)21-25-18-6-4-5-7-19(18)28(21)22(17)24-14;1-25(2)15-8-10-26(13-15)18-7-9-23-21-16(18)11-14(12-22)20-24-17-5-3-4-6-19(17)27(20)21/h5-9,11,13,15-16H,10,12,14H2,1-4H3,(H,26,31);5-9,11,13,15H,4,10,12,14H2,1-3H3,(H,24,30);4-8,10,12,14H,9,11,13H2,1-3H3,(H,23,29);4-7,10-11,16H,8-9,13H2,1-3H3;3-7,9,11,15H,8,10,13H2,1-2H3/t16-;15-;14-;16-;15-/m11110/s1. The Kier molecular flexibility index (Phi) is 25.9. The molecule has 5 aliphatic rings. The molecule has 5 aliphatic heterocycles. The fraction of sp³-hybridized carbons (Fsp3) is 0.330. The van der Waals surface area contributed by atoms with E-state index in [2.05, 4.69) is 188 Å². The van der Waals surface area contributed by atoms with Gasteiger partial charge in [0.2, 0.25) is 0 Å². The van der Waals surface area contributed by atoms with Crippen molar-refractivity contribution in [3.63, 3.8) is 0 Å². The molecule has 15 aromatic heterocycles. The number of aromatic nitrogens is 15. The zero-order chi connectivity index (χ0) is 101. The molecule has 0 spiro atoms. The number of aryl methyl sites for hydroxylation is 1. The van der Waals surface area contributed by atoms with Crippen molar-refractivity contribution in [3.05, 3.63) is 240 Å². The molecular weight excluding hydrogens is 1810 g/mol. The second-order valence-electron chi connectivity index (χ2n) is 39.9. The summed E-state index contributed by atoms with van der Waals surface area (Å²) in [4.78, 5) is 110. The third kappa shape index (κ3) is 17.5. The second kappa shape index (κ2) is 39.4. The van der Waals surface area contributed by atoms with E-state index in [0.717, 1.165) is 242 Å². The third-order valence-corrected chi connectivity index (χ3v) is 29.6. The molecule has 5 atom stereocenters. The Labute approximate surface area is 839 Å². The van der Waals surface area contributed by atoms with Gasteiger partial charge in [-0.15, -0.1) is 0 Å². The monoisotopic (exact) mass is 1930 g/mol. The molecule has 0 unspecified atom stereocenters. The summed E-state index contributed by atoms with van der Waals surface area (Å²) in [5.41, 5.74) is 26.1. The summed E-state index contributed by atoms with van der Waals surface area (Å²) < 4.78 is 10.1. The summed E-state index contributed by atoms with van der Waals surface area (Å²) >= 11 is 0. The van der Waals surface area contributed by atoms with Gasteiger partial charge in [-0.3, -0.25) is 36.4 Å². The van der Waals surface area contributed by atoms with Gasteiger partial charge >= 0.3 is 0 Å². The van der Waals surface area contributed by atoms with E-state index in [9.17, 15) is 24.9 Å². The molecule has 3 amide bonds. The summed E-state index contributed by atoms with van der Waals surface area (Å²) in [6.45, 7) is 18.3. The largest absolute Gasteiger partial charge is 0.369 e. The van der Waals surface area contributed by atoms with Gasteiger partial charge in [0.15, 0.2) is 28.2 Å². The summed E-state index contributed by atoms with van der Waals surface area (Å²) in [6, 6.07) is 67.4. The SMILES string of the molecule is CC(C)NC(=O)c1cc2c(N3CC[C@@H](N(C)C)C3)ccnc2n2c1nc1ccccc12.CCNC(=O)c1cc2c(N3CC[C@@H](N(C)C)C3)ccnc2n2c1nc1ccccc12.CN(C)[C@H]1CCN(c2ccnc3c2cc(C#N)c2nc4ccccc4n23)C1.CNC(=O)c1cc2c(N3CC[C@@H](N(C)C)C3)ccnc2n2c1nc1ccccc12.Cc1cc(N2CC[C@@H](N(C)C)C2)c2cc(C#N)c3nc4ccccc4n3c2n1. The number of rotatable bonds is 15. The van der Waals surface area contributed by atoms with Gasteiger partial charge in [0, 0.05) is 201 Å². The van der Waals surface area contributed by atoms with E-state index >= 15 is 0 Å². The quantitative estimate of drug-likeness (QED) is 0.0858. The average molecular weight is 1930 g/mol. The van der Waals surface area contributed by atoms with Gasteiger partial charge in [-0.25, -0.2) is 49.8 Å². The van der Waals surface area contributed by atoms with Crippen LogP contribution in [-0.4, -0.2) is 300 Å². The number of anilines is 5. The summed E-state index contributed by atoms with van der Waals surface area (Å²) in [6.07, 6.45) is 13.1. The number of nitriles is 2. The zero-order valence-corrected chi connectivity index (χ0v) is 84.7. The van der Waals surface area contributed by atoms with E-state index in [0.29, 0.717) is 92.8 Å². The van der Waals surface area contributed by atoms with Crippen molar-refractivity contribution in [2.75, 3.05) is 174 Å². The number of nitrogens with one attached hydrogen (secondary N) is 3. The van der Waals surface area contributed by atoms with Crippen LogP contribution in [-0.2, 0) is 0 Å². The van der Waals surface area contributed by atoms with Crippen LogP contribution in [0.3, 0.4) is 0 Å². The minimum absolute atomic E-state index is 0.0421. The molecule has 33 nitrogen and oxygen atoms in total. The molecule has 145 heavy (non-hydrogen) atoms. The maximum atomic E-state index is 13.2. The Hall–Kier alpha value is -15.9. The van der Waals surface area contributed by atoms with E-state index in [-0.39, 0.29) is 23.8 Å². The highest BCUT2D eigenvalue weighted by molar-refractivity contribution is 6.11. The van der Waals surface area contributed by atoms with E-state index in [4.69, 9.17) is 39.9 Å². The number of imidazole rings is 5. The third-order valence-electron chi connectivity index (χ3n) is 29.6. The Bertz CT molecular complexity index is 8570. The van der Waals surface area contributed by atoms with Gasteiger partial charge in [-0.1, -0.05) is 60.7 Å². The molecule has 20 heterocycles. The smallest absolute Gasteiger partial charge is 0.255 e. The van der Waals surface area contributed by atoms with Crippen molar-refractivity contribution in [1.29, 1.82) is 10.5 Å². The van der Waals surface area contributed by atoms with Crippen molar-refractivity contribution in [2.24, 2.45) is 0 Å². The lowest BCUT2D eigenvalue weighted by Gasteiger charge is -2.23. The number of fused-ring (bicyclic) bond motifs is 25. The van der Waals surface area contributed by atoms with Crippen molar-refractivity contribution in [2.45, 2.75) is 96.1 Å². The Morgan fingerprint density at radius 3 is 0.903 bits per heavy atom. The topological polar surface area (TPSA) is 318 Å². The minimum atomic E-state index is -0.144. The fourth-order valence-corrected chi connectivity index (χ4v) is 21.9. The van der Waals surface area contributed by atoms with Gasteiger partial charge in [0.1, 0.15) is 40.4 Å². The summed E-state index contributed by atoms with van der Waals surface area (Å²) in [5, 5.41) is 33.2. The first kappa shape index (κ1) is 95.3. The van der Waals surface area contributed by atoms with Crippen LogP contribution < -0.4 is 40.4 Å². The molecule has 33 heteroatoms. The highest BCUT2D eigenvalue weighted by atomic mass is 16.2. The van der Waals surface area contributed by atoms with Crippen LogP contribution in [0.2, 0.25) is 0 Å².